The van der Waals surface area contributed by atoms with Gasteiger partial charge in [0.05, 0.1) is 7.11 Å². The highest BCUT2D eigenvalue weighted by Gasteiger charge is 2.04. The highest BCUT2D eigenvalue weighted by atomic mass is 16.5. The van der Waals surface area contributed by atoms with Crippen molar-refractivity contribution in [2.45, 2.75) is 13.0 Å². The van der Waals surface area contributed by atoms with Gasteiger partial charge in [-0.05, 0) is 36.2 Å². The molecule has 0 atom stereocenters. The first-order valence-electron chi connectivity index (χ1n) is 8.60. The fourth-order valence-electron chi connectivity index (χ4n) is 2.34. The number of hydrogen-bond acceptors (Lipinski definition) is 4. The Labute approximate surface area is 155 Å². The van der Waals surface area contributed by atoms with Gasteiger partial charge in [-0.2, -0.15) is 0 Å². The first-order valence-corrected chi connectivity index (χ1v) is 8.60. The summed E-state index contributed by atoms with van der Waals surface area (Å²) in [4.78, 5) is 4.21. The average molecular weight is 357 g/mol. The molecule has 0 aliphatic carbocycles. The average Bonchev–Trinajstić information content (AvgIpc) is 2.69. The molecule has 2 rings (SSSR count). The number of nitrogens with zero attached hydrogens (tertiary/aromatic N) is 1. The highest BCUT2D eigenvalue weighted by Crippen LogP contribution is 2.30. The van der Waals surface area contributed by atoms with Crippen LogP contribution in [0.1, 0.15) is 12.0 Å². The van der Waals surface area contributed by atoms with Crippen LogP contribution < -0.4 is 20.1 Å². The molecule has 140 valence electrons. The van der Waals surface area contributed by atoms with Gasteiger partial charge in [0, 0.05) is 33.9 Å². The maximum atomic E-state index is 5.88. The quantitative estimate of drug-likeness (QED) is 0.410. The summed E-state index contributed by atoms with van der Waals surface area (Å²) in [6, 6.07) is 15.5. The van der Waals surface area contributed by atoms with Crippen LogP contribution in [0.3, 0.4) is 0 Å². The molecule has 0 heterocycles. The van der Waals surface area contributed by atoms with Crippen LogP contribution >= 0.6 is 0 Å². The van der Waals surface area contributed by atoms with E-state index < -0.39 is 0 Å². The van der Waals surface area contributed by atoms with Crippen molar-refractivity contribution in [3.8, 4) is 17.2 Å². The minimum atomic E-state index is 0.679. The maximum absolute atomic E-state index is 5.88. The SMILES string of the molecule is CN=C(NCCCOC)NCc1ccc(Oc2ccccc2OC)cc1. The normalized spacial score (nSPS) is 11.1. The third-order valence-electron chi connectivity index (χ3n) is 3.72. The molecule has 6 nitrogen and oxygen atoms in total. The Hall–Kier alpha value is -2.73. The van der Waals surface area contributed by atoms with Crippen molar-refractivity contribution in [2.75, 3.05) is 34.4 Å². The lowest BCUT2D eigenvalue weighted by atomic mass is 10.2. The van der Waals surface area contributed by atoms with Crippen LogP contribution in [0.25, 0.3) is 0 Å². The van der Waals surface area contributed by atoms with E-state index in [2.05, 4.69) is 15.6 Å². The summed E-state index contributed by atoms with van der Waals surface area (Å²) in [6.07, 6.45) is 0.937. The molecule has 0 saturated heterocycles. The van der Waals surface area contributed by atoms with E-state index in [-0.39, 0.29) is 0 Å². The van der Waals surface area contributed by atoms with E-state index in [1.54, 1.807) is 21.3 Å². The molecule has 2 aromatic rings. The standard InChI is InChI=1S/C20H27N3O3/c1-21-20(22-13-6-14-24-2)23-15-16-9-11-17(12-10-16)26-19-8-5-4-7-18(19)25-3/h4-5,7-12H,6,13-15H2,1-3H3,(H2,21,22,23). The number of rotatable bonds is 9. The Balaban J connectivity index is 1.85. The minimum absolute atomic E-state index is 0.679. The van der Waals surface area contributed by atoms with Crippen LogP contribution in [0.5, 0.6) is 17.2 Å². The van der Waals surface area contributed by atoms with Crippen molar-refractivity contribution >= 4 is 5.96 Å². The molecule has 0 bridgehead atoms. The van der Waals surface area contributed by atoms with Crippen LogP contribution in [0, 0.1) is 0 Å². The first kappa shape index (κ1) is 19.6. The monoisotopic (exact) mass is 357 g/mol. The van der Waals surface area contributed by atoms with Gasteiger partial charge in [0.2, 0.25) is 0 Å². The van der Waals surface area contributed by atoms with Gasteiger partial charge in [0.1, 0.15) is 5.75 Å². The first-order chi connectivity index (χ1) is 12.8. The lowest BCUT2D eigenvalue weighted by Gasteiger charge is -2.13. The topological polar surface area (TPSA) is 64.1 Å². The van der Waals surface area contributed by atoms with Gasteiger partial charge in [-0.25, -0.2) is 0 Å². The van der Waals surface area contributed by atoms with E-state index in [4.69, 9.17) is 14.2 Å². The Morgan fingerprint density at radius 1 is 0.962 bits per heavy atom. The molecule has 2 aromatic carbocycles. The van der Waals surface area contributed by atoms with Crippen molar-refractivity contribution in [3.05, 3.63) is 54.1 Å². The van der Waals surface area contributed by atoms with Crippen LogP contribution in [0.15, 0.2) is 53.5 Å². The molecule has 0 unspecified atom stereocenters. The van der Waals surface area contributed by atoms with Gasteiger partial charge in [-0.1, -0.05) is 24.3 Å². The zero-order chi connectivity index (χ0) is 18.6. The Bertz CT molecular complexity index is 687. The molecular weight excluding hydrogens is 330 g/mol. The second kappa shape index (κ2) is 11.0. The van der Waals surface area contributed by atoms with Crippen molar-refractivity contribution in [3.63, 3.8) is 0 Å². The summed E-state index contributed by atoms with van der Waals surface area (Å²) < 4.78 is 16.2. The number of guanidine groups is 1. The predicted molar refractivity (Wildman–Crippen MR) is 104 cm³/mol. The van der Waals surface area contributed by atoms with E-state index in [1.165, 1.54) is 0 Å². The highest BCUT2D eigenvalue weighted by molar-refractivity contribution is 5.79. The molecule has 0 fully saturated rings. The Morgan fingerprint density at radius 2 is 1.69 bits per heavy atom. The molecular formula is C20H27N3O3. The van der Waals surface area contributed by atoms with Crippen molar-refractivity contribution in [2.24, 2.45) is 4.99 Å². The Morgan fingerprint density at radius 3 is 2.35 bits per heavy atom. The van der Waals surface area contributed by atoms with Crippen LogP contribution in [0.2, 0.25) is 0 Å². The summed E-state index contributed by atoms with van der Waals surface area (Å²) >= 11 is 0. The van der Waals surface area contributed by atoms with Crippen molar-refractivity contribution in [1.29, 1.82) is 0 Å². The predicted octanol–water partition coefficient (Wildman–Crippen LogP) is 3.19. The third-order valence-corrected chi connectivity index (χ3v) is 3.72. The molecule has 6 heteroatoms. The molecule has 2 N–H and O–H groups in total. The fraction of sp³-hybridized carbons (Fsp3) is 0.350. The van der Waals surface area contributed by atoms with Crippen LogP contribution in [-0.2, 0) is 11.3 Å². The van der Waals surface area contributed by atoms with Gasteiger partial charge in [0.25, 0.3) is 0 Å². The Kier molecular flexibility index (Phi) is 8.29. The van der Waals surface area contributed by atoms with Crippen molar-refractivity contribution < 1.29 is 14.2 Å². The lowest BCUT2D eigenvalue weighted by Crippen LogP contribution is -2.37. The number of benzene rings is 2. The van der Waals surface area contributed by atoms with E-state index >= 15 is 0 Å². The van der Waals surface area contributed by atoms with Gasteiger partial charge in [-0.15, -0.1) is 0 Å². The molecule has 0 amide bonds. The number of methoxy groups -OCH3 is 2. The largest absolute Gasteiger partial charge is 0.493 e. The lowest BCUT2D eigenvalue weighted by molar-refractivity contribution is 0.195. The molecule has 0 aliphatic rings. The summed E-state index contributed by atoms with van der Waals surface area (Å²) in [6.45, 7) is 2.23. The molecule has 0 spiro atoms. The molecule has 0 aliphatic heterocycles. The summed E-state index contributed by atoms with van der Waals surface area (Å²) in [7, 11) is 5.09. The number of para-hydroxylation sites is 2. The molecule has 0 radical (unpaired) electrons. The zero-order valence-electron chi connectivity index (χ0n) is 15.6. The number of ether oxygens (including phenoxy) is 3. The number of nitrogens with one attached hydrogen (secondary N) is 2. The van der Waals surface area contributed by atoms with Crippen LogP contribution in [-0.4, -0.2) is 40.4 Å². The fourth-order valence-corrected chi connectivity index (χ4v) is 2.34. The number of aliphatic imine (C=N–C) groups is 1. The smallest absolute Gasteiger partial charge is 0.191 e. The third kappa shape index (κ3) is 6.29. The van der Waals surface area contributed by atoms with E-state index in [1.807, 2.05) is 48.5 Å². The van der Waals surface area contributed by atoms with E-state index in [0.29, 0.717) is 18.0 Å². The van der Waals surface area contributed by atoms with Gasteiger partial charge in [-0.3, -0.25) is 4.99 Å². The minimum Gasteiger partial charge on any atom is -0.493 e. The summed E-state index contributed by atoms with van der Waals surface area (Å²) in [5.74, 6) is 2.94. The van der Waals surface area contributed by atoms with Gasteiger partial charge >= 0.3 is 0 Å². The molecule has 26 heavy (non-hydrogen) atoms. The summed E-state index contributed by atoms with van der Waals surface area (Å²) in [5, 5.41) is 6.54. The maximum Gasteiger partial charge on any atom is 0.191 e. The number of hydrogen-bond donors (Lipinski definition) is 2. The molecule has 0 saturated carbocycles. The van der Waals surface area contributed by atoms with Crippen molar-refractivity contribution in [1.82, 2.24) is 10.6 Å². The van der Waals surface area contributed by atoms with E-state index in [0.717, 1.165) is 36.8 Å². The summed E-state index contributed by atoms with van der Waals surface area (Å²) in [5.41, 5.74) is 1.14. The van der Waals surface area contributed by atoms with Gasteiger partial charge < -0.3 is 24.8 Å². The molecule has 0 aromatic heterocycles. The second-order valence-corrected chi connectivity index (χ2v) is 5.60. The second-order valence-electron chi connectivity index (χ2n) is 5.60. The van der Waals surface area contributed by atoms with Crippen LogP contribution in [0.4, 0.5) is 0 Å². The zero-order valence-corrected chi connectivity index (χ0v) is 15.6. The van der Waals surface area contributed by atoms with E-state index in [9.17, 15) is 0 Å². The van der Waals surface area contributed by atoms with Gasteiger partial charge in [0.15, 0.2) is 17.5 Å².